The van der Waals surface area contributed by atoms with E-state index >= 15 is 0 Å². The van der Waals surface area contributed by atoms with Crippen molar-refractivity contribution in [3.8, 4) is 11.5 Å². The molecule has 2 heterocycles. The average molecular weight is 651 g/mol. The van der Waals surface area contributed by atoms with Crippen molar-refractivity contribution in [3.05, 3.63) is 112 Å². The number of amides is 1. The quantitative estimate of drug-likeness (QED) is 0.171. The van der Waals surface area contributed by atoms with E-state index in [1.165, 1.54) is 0 Å². The average Bonchev–Trinajstić information content (AvgIpc) is 3.29. The van der Waals surface area contributed by atoms with Gasteiger partial charge in [0.1, 0.15) is 17.0 Å². The zero-order valence-electron chi connectivity index (χ0n) is 25.5. The lowest BCUT2D eigenvalue weighted by Crippen LogP contribution is -2.44. The topological polar surface area (TPSA) is 60.7 Å². The summed E-state index contributed by atoms with van der Waals surface area (Å²) in [5.74, 6) is 1.26. The van der Waals surface area contributed by atoms with Gasteiger partial charge in [0.25, 0.3) is 5.91 Å². The minimum atomic E-state index is -1.03. The van der Waals surface area contributed by atoms with Crippen LogP contribution in [-0.2, 0) is 5.54 Å². The summed E-state index contributed by atoms with van der Waals surface area (Å²) in [6.07, 6.45) is 3.22. The normalized spacial score (nSPS) is 14.6. The molecule has 0 aliphatic carbocycles. The molecular formula is C36H36BrN5O2. The molecule has 0 aromatic heterocycles. The Bertz CT molecular complexity index is 1680. The number of fused-ring (bicyclic) bond motifs is 6. The number of halogens is 1. The zero-order valence-corrected chi connectivity index (χ0v) is 27.1. The molecule has 2 aliphatic heterocycles. The smallest absolute Gasteiger partial charge is 0.275 e. The molecular weight excluding hydrogens is 614 g/mol. The highest BCUT2D eigenvalue weighted by atomic mass is 79.9. The number of rotatable bonds is 9. The lowest BCUT2D eigenvalue weighted by molar-refractivity contribution is 0.0675. The second-order valence-electron chi connectivity index (χ2n) is 10.7. The molecule has 4 aromatic carbocycles. The van der Waals surface area contributed by atoms with Gasteiger partial charge in [-0.2, -0.15) is 5.10 Å². The summed E-state index contributed by atoms with van der Waals surface area (Å²) in [6.45, 7) is 12.1. The summed E-state index contributed by atoms with van der Waals surface area (Å²) in [7, 11) is 0. The maximum Gasteiger partial charge on any atom is 0.275 e. The van der Waals surface area contributed by atoms with Gasteiger partial charge in [-0.1, -0.05) is 46.3 Å². The Morgan fingerprint density at radius 3 is 1.89 bits per heavy atom. The SMILES string of the molecule is CCN(CC)c1ccc2c(c1)Oc1cc(N(CC)CC)ccc1C21c2ccccc2C(=O)N1/N=C/C=Nc1ccc(Br)cc1. The second-order valence-corrected chi connectivity index (χ2v) is 11.6. The summed E-state index contributed by atoms with van der Waals surface area (Å²) >= 11 is 3.46. The molecule has 0 saturated heterocycles. The van der Waals surface area contributed by atoms with Gasteiger partial charge < -0.3 is 14.5 Å². The van der Waals surface area contributed by atoms with Crippen LogP contribution in [0, 0.1) is 0 Å². The van der Waals surface area contributed by atoms with Crippen LogP contribution in [0.3, 0.4) is 0 Å². The van der Waals surface area contributed by atoms with Crippen LogP contribution in [-0.4, -0.2) is 49.5 Å². The molecule has 0 bridgehead atoms. The van der Waals surface area contributed by atoms with Gasteiger partial charge in [-0.25, -0.2) is 5.01 Å². The molecule has 1 amide bonds. The predicted molar refractivity (Wildman–Crippen MR) is 183 cm³/mol. The first-order valence-corrected chi connectivity index (χ1v) is 16.0. The number of benzene rings is 4. The van der Waals surface area contributed by atoms with Crippen molar-refractivity contribution in [2.45, 2.75) is 33.2 Å². The maximum atomic E-state index is 14.2. The lowest BCUT2D eigenvalue weighted by Gasteiger charge is -2.42. The molecule has 0 N–H and O–H groups in total. The Balaban J connectivity index is 1.57. The second kappa shape index (κ2) is 12.3. The molecule has 224 valence electrons. The Morgan fingerprint density at radius 2 is 1.32 bits per heavy atom. The molecule has 7 nitrogen and oxygen atoms in total. The Labute approximate surface area is 267 Å². The van der Waals surface area contributed by atoms with E-state index in [4.69, 9.17) is 9.84 Å². The van der Waals surface area contributed by atoms with E-state index in [0.717, 1.165) is 64.4 Å². The van der Waals surface area contributed by atoms with Gasteiger partial charge in [-0.05, 0) is 70.2 Å². The molecule has 0 radical (unpaired) electrons. The first-order valence-electron chi connectivity index (χ1n) is 15.2. The highest BCUT2D eigenvalue weighted by molar-refractivity contribution is 9.10. The van der Waals surface area contributed by atoms with Crippen molar-refractivity contribution in [2.75, 3.05) is 36.0 Å². The molecule has 44 heavy (non-hydrogen) atoms. The minimum absolute atomic E-state index is 0.173. The summed E-state index contributed by atoms with van der Waals surface area (Å²) in [4.78, 5) is 23.4. The van der Waals surface area contributed by atoms with Gasteiger partial charge in [0.05, 0.1) is 11.9 Å². The fourth-order valence-electron chi connectivity index (χ4n) is 6.39. The van der Waals surface area contributed by atoms with E-state index < -0.39 is 5.54 Å². The number of hydrogen-bond acceptors (Lipinski definition) is 6. The molecule has 8 heteroatoms. The minimum Gasteiger partial charge on any atom is -0.456 e. The Kier molecular flexibility index (Phi) is 8.27. The lowest BCUT2D eigenvalue weighted by atomic mass is 9.75. The molecule has 0 saturated carbocycles. The number of ether oxygens (including phenoxy) is 1. The largest absolute Gasteiger partial charge is 0.456 e. The van der Waals surface area contributed by atoms with E-state index in [0.29, 0.717) is 17.1 Å². The standard InChI is InChI=1S/C36H36BrN5O2/c1-5-40(6-2)27-17-19-31-33(23-27)44-34-24-28(41(7-3)8-4)18-20-32(34)36(31)30-12-10-9-11-29(30)35(43)42(36)39-22-21-38-26-15-13-25(37)14-16-26/h9-24H,5-8H2,1-4H3/b38-21?,39-22+. The van der Waals surface area contributed by atoms with Crippen molar-refractivity contribution >= 4 is 51.3 Å². The van der Waals surface area contributed by atoms with Gasteiger partial charge in [-0.15, -0.1) is 0 Å². The third kappa shape index (κ3) is 4.87. The van der Waals surface area contributed by atoms with E-state index in [1.54, 1.807) is 17.4 Å². The fraction of sp³-hybridized carbons (Fsp3) is 0.250. The van der Waals surface area contributed by atoms with Gasteiger partial charge in [0.15, 0.2) is 0 Å². The van der Waals surface area contributed by atoms with Crippen molar-refractivity contribution in [1.29, 1.82) is 0 Å². The predicted octanol–water partition coefficient (Wildman–Crippen LogP) is 8.38. The third-order valence-corrected chi connectivity index (χ3v) is 9.07. The highest BCUT2D eigenvalue weighted by Gasteiger charge is 2.57. The summed E-state index contributed by atoms with van der Waals surface area (Å²) in [6, 6.07) is 28.1. The summed E-state index contributed by atoms with van der Waals surface area (Å²) in [5, 5.41) is 6.44. The van der Waals surface area contributed by atoms with Crippen LogP contribution in [0.1, 0.15) is 54.7 Å². The van der Waals surface area contributed by atoms with Crippen LogP contribution < -0.4 is 14.5 Å². The molecule has 0 unspecified atom stereocenters. The van der Waals surface area contributed by atoms with E-state index in [-0.39, 0.29) is 5.91 Å². The maximum absolute atomic E-state index is 14.2. The number of nitrogens with zero attached hydrogens (tertiary/aromatic N) is 5. The number of hydrazone groups is 1. The first-order chi connectivity index (χ1) is 21.5. The van der Waals surface area contributed by atoms with Crippen LogP contribution >= 0.6 is 15.9 Å². The number of anilines is 2. The first kappa shape index (κ1) is 29.6. The highest BCUT2D eigenvalue weighted by Crippen LogP contribution is 2.58. The summed E-state index contributed by atoms with van der Waals surface area (Å²) < 4.78 is 7.73. The number of hydrogen-bond donors (Lipinski definition) is 0. The van der Waals surface area contributed by atoms with Crippen LogP contribution in [0.5, 0.6) is 11.5 Å². The third-order valence-electron chi connectivity index (χ3n) is 8.54. The van der Waals surface area contributed by atoms with Crippen LogP contribution in [0.25, 0.3) is 0 Å². The molecule has 4 aromatic rings. The molecule has 6 rings (SSSR count). The monoisotopic (exact) mass is 649 g/mol. The molecule has 0 fully saturated rings. The number of carbonyl (C=O) groups is 1. The number of aliphatic imine (C=N–C) groups is 1. The van der Waals surface area contributed by atoms with Crippen molar-refractivity contribution in [3.63, 3.8) is 0 Å². The fourth-order valence-corrected chi connectivity index (χ4v) is 6.65. The van der Waals surface area contributed by atoms with E-state index in [2.05, 4.69) is 94.8 Å². The molecule has 0 atom stereocenters. The van der Waals surface area contributed by atoms with Crippen molar-refractivity contribution < 1.29 is 9.53 Å². The van der Waals surface area contributed by atoms with Gasteiger partial charge >= 0.3 is 0 Å². The van der Waals surface area contributed by atoms with E-state index in [9.17, 15) is 4.79 Å². The molecule has 1 spiro atoms. The van der Waals surface area contributed by atoms with Gasteiger partial charge in [0, 0.05) is 82.6 Å². The van der Waals surface area contributed by atoms with Crippen LogP contribution in [0.2, 0.25) is 0 Å². The zero-order chi connectivity index (χ0) is 30.8. The summed E-state index contributed by atoms with van der Waals surface area (Å²) in [5.41, 5.74) is 5.15. The Hall–Kier alpha value is -4.43. The number of carbonyl (C=O) groups excluding carboxylic acids is 1. The van der Waals surface area contributed by atoms with Gasteiger partial charge in [0.2, 0.25) is 0 Å². The van der Waals surface area contributed by atoms with Crippen LogP contribution in [0.4, 0.5) is 17.1 Å². The van der Waals surface area contributed by atoms with Crippen LogP contribution in [0.15, 0.2) is 99.5 Å². The van der Waals surface area contributed by atoms with Crippen molar-refractivity contribution in [1.82, 2.24) is 5.01 Å². The Morgan fingerprint density at radius 1 is 0.750 bits per heavy atom. The molecule has 2 aliphatic rings. The van der Waals surface area contributed by atoms with Crippen molar-refractivity contribution in [2.24, 2.45) is 10.1 Å². The van der Waals surface area contributed by atoms with Gasteiger partial charge in [-0.3, -0.25) is 9.79 Å². The van der Waals surface area contributed by atoms with E-state index in [1.807, 2.05) is 48.5 Å².